The van der Waals surface area contributed by atoms with Crippen molar-refractivity contribution >= 4 is 39.5 Å². The monoisotopic (exact) mass is 410 g/mol. The van der Waals surface area contributed by atoms with Crippen LogP contribution in [0.3, 0.4) is 0 Å². The van der Waals surface area contributed by atoms with E-state index < -0.39 is 23.3 Å². The van der Waals surface area contributed by atoms with Crippen LogP contribution in [0.25, 0.3) is 10.2 Å². The van der Waals surface area contributed by atoms with Gasteiger partial charge in [-0.3, -0.25) is 0 Å². The molecule has 1 aromatic heterocycles. The number of carbonyl (C=O) groups is 1. The molecule has 0 fully saturated rings. The van der Waals surface area contributed by atoms with Crippen molar-refractivity contribution in [1.29, 1.82) is 0 Å². The summed E-state index contributed by atoms with van der Waals surface area (Å²) in [7, 11) is 0. The van der Waals surface area contributed by atoms with E-state index in [1.54, 1.807) is 27.7 Å². The van der Waals surface area contributed by atoms with Gasteiger partial charge in [0.05, 0.1) is 10.2 Å². The molecule has 9 heteroatoms. The Kier molecular flexibility index (Phi) is 7.06. The zero-order valence-electron chi connectivity index (χ0n) is 16.5. The number of thiazole rings is 1. The van der Waals surface area contributed by atoms with E-state index in [9.17, 15) is 13.6 Å². The molecule has 1 aromatic carbocycles. The van der Waals surface area contributed by atoms with E-state index in [4.69, 9.17) is 4.74 Å². The number of nitrogens with one attached hydrogen (secondary N) is 1. The second-order valence-corrected chi connectivity index (χ2v) is 7.98. The first kappa shape index (κ1) is 21.7. The lowest BCUT2D eigenvalue weighted by Crippen LogP contribution is -2.34. The van der Waals surface area contributed by atoms with Crippen LogP contribution in [0.4, 0.5) is 19.3 Å². The molecular weight excluding hydrogens is 386 g/mol. The maximum absolute atomic E-state index is 14.4. The largest absolute Gasteiger partial charge is 0.442 e. The third-order valence-corrected chi connectivity index (χ3v) is 4.19. The maximum Gasteiger partial charge on any atom is 0.430 e. The number of nitrogens with zero attached hydrogens (tertiary/aromatic N) is 3. The highest BCUT2D eigenvalue weighted by atomic mass is 32.1. The second-order valence-electron chi connectivity index (χ2n) is 7.09. The number of allylic oxidation sites excluding steroid dienone is 2. The van der Waals surface area contributed by atoms with Crippen LogP contribution in [0.2, 0.25) is 0 Å². The van der Waals surface area contributed by atoms with E-state index in [2.05, 4.69) is 15.4 Å². The number of hydrazone groups is 1. The SMILES string of the molecule is CCCN(/N=C\C=C(/C)Nc1c(F)cc2scnc2c1F)C(=O)OC(C)(C)C. The van der Waals surface area contributed by atoms with Crippen molar-refractivity contribution < 1.29 is 18.3 Å². The van der Waals surface area contributed by atoms with Crippen molar-refractivity contribution in [2.75, 3.05) is 11.9 Å². The van der Waals surface area contributed by atoms with Crippen molar-refractivity contribution in [3.8, 4) is 0 Å². The molecule has 0 aliphatic carbocycles. The Morgan fingerprint density at radius 1 is 1.43 bits per heavy atom. The molecule has 152 valence electrons. The van der Waals surface area contributed by atoms with E-state index in [-0.39, 0.29) is 11.2 Å². The Balaban J connectivity index is 2.13. The van der Waals surface area contributed by atoms with Crippen molar-refractivity contribution in [3.63, 3.8) is 0 Å². The van der Waals surface area contributed by atoms with Crippen molar-refractivity contribution in [2.24, 2.45) is 5.10 Å². The number of fused-ring (bicyclic) bond motifs is 1. The molecular formula is C19H24F2N4O2S. The van der Waals surface area contributed by atoms with Crippen molar-refractivity contribution in [1.82, 2.24) is 9.99 Å². The first-order chi connectivity index (χ1) is 13.1. The van der Waals surface area contributed by atoms with Crippen LogP contribution in [0.15, 0.2) is 28.5 Å². The summed E-state index contributed by atoms with van der Waals surface area (Å²) in [6.45, 7) is 9.25. The Hall–Kier alpha value is -2.55. The first-order valence-electron chi connectivity index (χ1n) is 8.82. The number of amides is 1. The molecule has 0 bridgehead atoms. The summed E-state index contributed by atoms with van der Waals surface area (Å²) in [6, 6.07) is 1.24. The molecule has 6 nitrogen and oxygen atoms in total. The zero-order chi connectivity index (χ0) is 20.9. The molecule has 0 radical (unpaired) electrons. The van der Waals surface area contributed by atoms with E-state index in [0.29, 0.717) is 23.4 Å². The Bertz CT molecular complexity index is 903. The molecule has 0 unspecified atom stereocenters. The fourth-order valence-corrected chi connectivity index (χ4v) is 2.93. The van der Waals surface area contributed by atoms with Gasteiger partial charge in [0.25, 0.3) is 0 Å². The normalized spacial score (nSPS) is 12.6. The van der Waals surface area contributed by atoms with Crippen LogP contribution in [0.1, 0.15) is 41.0 Å². The average molecular weight is 410 g/mol. The van der Waals surface area contributed by atoms with Crippen LogP contribution >= 0.6 is 11.3 Å². The summed E-state index contributed by atoms with van der Waals surface area (Å²) in [5, 5.41) is 7.97. The first-order valence-corrected chi connectivity index (χ1v) is 9.70. The molecule has 0 atom stereocenters. The summed E-state index contributed by atoms with van der Waals surface area (Å²) in [5.74, 6) is -1.46. The summed E-state index contributed by atoms with van der Waals surface area (Å²) in [4.78, 5) is 16.1. The fourth-order valence-electron chi connectivity index (χ4n) is 2.23. The van der Waals surface area contributed by atoms with Gasteiger partial charge < -0.3 is 10.1 Å². The number of halogens is 2. The van der Waals surface area contributed by atoms with Gasteiger partial charge in [-0.05, 0) is 46.3 Å². The number of carbonyl (C=O) groups excluding carboxylic acids is 1. The average Bonchev–Trinajstić information content (AvgIpc) is 3.04. The van der Waals surface area contributed by atoms with Crippen LogP contribution < -0.4 is 5.32 Å². The quantitative estimate of drug-likeness (QED) is 0.503. The van der Waals surface area contributed by atoms with Crippen LogP contribution in [0.5, 0.6) is 0 Å². The van der Waals surface area contributed by atoms with Crippen molar-refractivity contribution in [2.45, 2.75) is 46.6 Å². The van der Waals surface area contributed by atoms with E-state index in [0.717, 1.165) is 0 Å². The summed E-state index contributed by atoms with van der Waals surface area (Å²) in [5.41, 5.74) is 1.12. The van der Waals surface area contributed by atoms with Gasteiger partial charge in [0.15, 0.2) is 11.6 Å². The third kappa shape index (κ3) is 5.72. The lowest BCUT2D eigenvalue weighted by molar-refractivity contribution is 0.0256. The summed E-state index contributed by atoms with van der Waals surface area (Å²) in [6.07, 6.45) is 3.02. The van der Waals surface area contributed by atoms with E-state index in [1.165, 1.54) is 40.2 Å². The fraction of sp³-hybridized carbons (Fsp3) is 0.421. The van der Waals surface area contributed by atoms with Gasteiger partial charge in [-0.2, -0.15) is 10.1 Å². The minimum Gasteiger partial charge on any atom is -0.442 e. The highest BCUT2D eigenvalue weighted by Crippen LogP contribution is 2.30. The van der Waals surface area contributed by atoms with E-state index in [1.807, 2.05) is 6.92 Å². The highest BCUT2D eigenvalue weighted by Gasteiger charge is 2.21. The number of ether oxygens (including phenoxy) is 1. The van der Waals surface area contributed by atoms with Gasteiger partial charge in [0, 0.05) is 18.5 Å². The lowest BCUT2D eigenvalue weighted by Gasteiger charge is -2.23. The minimum absolute atomic E-state index is 0.120. The topological polar surface area (TPSA) is 66.8 Å². The van der Waals surface area contributed by atoms with Crippen LogP contribution in [-0.4, -0.2) is 34.4 Å². The number of aromatic nitrogens is 1. The number of rotatable bonds is 6. The zero-order valence-corrected chi connectivity index (χ0v) is 17.4. The molecule has 2 rings (SSSR count). The predicted molar refractivity (Wildman–Crippen MR) is 109 cm³/mol. The van der Waals surface area contributed by atoms with Gasteiger partial charge >= 0.3 is 6.09 Å². The molecule has 0 aliphatic heterocycles. The second kappa shape index (κ2) is 9.09. The Labute approximate surface area is 166 Å². The Morgan fingerprint density at radius 3 is 2.79 bits per heavy atom. The number of hydrogen-bond donors (Lipinski definition) is 1. The van der Waals surface area contributed by atoms with Gasteiger partial charge in [-0.25, -0.2) is 18.6 Å². The highest BCUT2D eigenvalue weighted by molar-refractivity contribution is 7.16. The van der Waals surface area contributed by atoms with Gasteiger partial charge in [0.2, 0.25) is 0 Å². The van der Waals surface area contributed by atoms with Crippen LogP contribution in [0, 0.1) is 11.6 Å². The minimum atomic E-state index is -0.748. The molecule has 28 heavy (non-hydrogen) atoms. The van der Waals surface area contributed by atoms with Gasteiger partial charge in [0.1, 0.15) is 16.8 Å². The molecule has 0 saturated heterocycles. The molecule has 1 heterocycles. The molecule has 0 spiro atoms. The number of hydrogen-bond acceptors (Lipinski definition) is 6. The molecule has 0 saturated carbocycles. The predicted octanol–water partition coefficient (Wildman–Crippen LogP) is 5.52. The summed E-state index contributed by atoms with van der Waals surface area (Å²) >= 11 is 1.17. The lowest BCUT2D eigenvalue weighted by atomic mass is 10.2. The van der Waals surface area contributed by atoms with Crippen molar-refractivity contribution in [3.05, 3.63) is 35.0 Å². The third-order valence-electron chi connectivity index (χ3n) is 3.41. The molecule has 2 aromatic rings. The van der Waals surface area contributed by atoms with E-state index >= 15 is 0 Å². The maximum atomic E-state index is 14.4. The van der Waals surface area contributed by atoms with Gasteiger partial charge in [-0.15, -0.1) is 11.3 Å². The molecule has 1 amide bonds. The standard InChI is InChI=1S/C19H24F2N4O2S/c1-6-9-25(18(26)27-19(3,4)5)23-8-7-12(2)24-16-13(20)10-14-17(15(16)21)22-11-28-14/h7-8,10-11,24H,6,9H2,1-5H3/b12-7+,23-8-. The molecule has 0 aliphatic rings. The van der Waals surface area contributed by atoms with Crippen LogP contribution in [-0.2, 0) is 4.74 Å². The Morgan fingerprint density at radius 2 is 2.14 bits per heavy atom. The number of anilines is 1. The van der Waals surface area contributed by atoms with Gasteiger partial charge in [-0.1, -0.05) is 6.92 Å². The summed E-state index contributed by atoms with van der Waals surface area (Å²) < 4.78 is 34.4. The number of benzene rings is 1. The molecule has 1 N–H and O–H groups in total. The smallest absolute Gasteiger partial charge is 0.430 e.